The highest BCUT2D eigenvalue weighted by atomic mass is 35.5. The van der Waals surface area contributed by atoms with Crippen molar-refractivity contribution >= 4 is 33.4 Å². The number of fused-ring (bicyclic) bond motifs is 2. The molecule has 5 nitrogen and oxygen atoms in total. The average molecular weight is 376 g/mol. The van der Waals surface area contributed by atoms with Gasteiger partial charge in [0, 0.05) is 17.3 Å². The first kappa shape index (κ1) is 16.5. The van der Waals surface area contributed by atoms with E-state index in [1.165, 1.54) is 0 Å². The molecule has 0 radical (unpaired) electrons. The number of pyridine rings is 1. The molecular formula is C18H18ClN3O2S. The summed E-state index contributed by atoms with van der Waals surface area (Å²) in [5, 5.41) is 0.991. The second-order valence-electron chi connectivity index (χ2n) is 6.11. The third-order valence-corrected chi connectivity index (χ3v) is 6.50. The van der Waals surface area contributed by atoms with Crippen molar-refractivity contribution in [3.8, 4) is 5.75 Å². The second-order valence-corrected chi connectivity index (χ2v) is 8.07. The number of H-pyrrole nitrogens is 1. The van der Waals surface area contributed by atoms with Crippen molar-refractivity contribution < 1.29 is 8.95 Å². The van der Waals surface area contributed by atoms with Crippen LogP contribution in [0.1, 0.15) is 35.8 Å². The number of rotatable bonds is 3. The van der Waals surface area contributed by atoms with Crippen LogP contribution in [0.2, 0.25) is 5.02 Å². The van der Waals surface area contributed by atoms with E-state index in [4.69, 9.17) is 16.3 Å². The Morgan fingerprint density at radius 3 is 3.04 bits per heavy atom. The Balaban J connectivity index is 1.75. The lowest BCUT2D eigenvalue weighted by Gasteiger charge is -2.15. The lowest BCUT2D eigenvalue weighted by molar-refractivity contribution is 0.415. The minimum absolute atomic E-state index is 0.196. The molecule has 25 heavy (non-hydrogen) atoms. The predicted molar refractivity (Wildman–Crippen MR) is 98.6 cm³/mol. The van der Waals surface area contributed by atoms with Crippen LogP contribution in [-0.2, 0) is 17.2 Å². The van der Waals surface area contributed by atoms with Crippen LogP contribution in [-0.4, -0.2) is 26.3 Å². The summed E-state index contributed by atoms with van der Waals surface area (Å²) in [6.07, 6.45) is 5.42. The Morgan fingerprint density at radius 2 is 2.20 bits per heavy atom. The van der Waals surface area contributed by atoms with Gasteiger partial charge in [0.25, 0.3) is 0 Å². The highest BCUT2D eigenvalue weighted by Crippen LogP contribution is 2.36. The molecule has 0 spiro atoms. The molecule has 130 valence electrons. The van der Waals surface area contributed by atoms with E-state index in [1.54, 1.807) is 19.4 Å². The number of methoxy groups -OCH3 is 1. The number of hydrogen-bond acceptors (Lipinski definition) is 4. The maximum atomic E-state index is 13.3. The van der Waals surface area contributed by atoms with E-state index < -0.39 is 10.8 Å². The molecule has 4 rings (SSSR count). The number of halogens is 1. The SMILES string of the molecule is COc1ccc2nc([S@@](=O)[C@H]3CCCCc4c(Cl)ccnc43)[nH]c2c1. The molecule has 1 N–H and O–H groups in total. The minimum atomic E-state index is -1.32. The molecule has 0 saturated carbocycles. The molecule has 2 atom stereocenters. The molecule has 0 aliphatic heterocycles. The van der Waals surface area contributed by atoms with Gasteiger partial charge in [-0.3, -0.25) is 9.19 Å². The van der Waals surface area contributed by atoms with Gasteiger partial charge in [-0.05, 0) is 43.0 Å². The van der Waals surface area contributed by atoms with Crippen molar-refractivity contribution in [3.63, 3.8) is 0 Å². The molecule has 0 bridgehead atoms. The fraction of sp³-hybridized carbons (Fsp3) is 0.333. The third kappa shape index (κ3) is 3.04. The molecule has 0 fully saturated rings. The summed E-state index contributed by atoms with van der Waals surface area (Å²) in [4.78, 5) is 12.2. The normalized spacial score (nSPS) is 18.6. The van der Waals surface area contributed by atoms with Crippen LogP contribution in [0.15, 0.2) is 35.6 Å². The zero-order chi connectivity index (χ0) is 17.4. The van der Waals surface area contributed by atoms with Gasteiger partial charge in [0.05, 0.1) is 39.9 Å². The summed E-state index contributed by atoms with van der Waals surface area (Å²) in [6.45, 7) is 0. The van der Waals surface area contributed by atoms with Gasteiger partial charge in [0.2, 0.25) is 0 Å². The number of hydrogen-bond donors (Lipinski definition) is 1. The summed E-state index contributed by atoms with van der Waals surface area (Å²) >= 11 is 6.35. The van der Waals surface area contributed by atoms with Crippen molar-refractivity contribution in [2.75, 3.05) is 7.11 Å². The van der Waals surface area contributed by atoms with E-state index >= 15 is 0 Å². The van der Waals surface area contributed by atoms with Crippen LogP contribution in [0, 0.1) is 0 Å². The quantitative estimate of drug-likeness (QED) is 0.697. The molecular weight excluding hydrogens is 358 g/mol. The molecule has 7 heteroatoms. The summed E-state index contributed by atoms with van der Waals surface area (Å²) in [5.41, 5.74) is 3.46. The molecule has 2 aromatic heterocycles. The van der Waals surface area contributed by atoms with Crippen LogP contribution >= 0.6 is 11.6 Å². The summed E-state index contributed by atoms with van der Waals surface area (Å²) < 4.78 is 18.5. The molecule has 1 aliphatic carbocycles. The first-order valence-electron chi connectivity index (χ1n) is 8.25. The Labute approximate surface area is 153 Å². The van der Waals surface area contributed by atoms with Gasteiger partial charge in [0.15, 0.2) is 5.16 Å². The molecule has 1 aliphatic rings. The Kier molecular flexibility index (Phi) is 4.48. The lowest BCUT2D eigenvalue weighted by atomic mass is 10.1. The number of ether oxygens (including phenoxy) is 1. The monoisotopic (exact) mass is 375 g/mol. The van der Waals surface area contributed by atoms with Crippen LogP contribution in [0.3, 0.4) is 0 Å². The van der Waals surface area contributed by atoms with Gasteiger partial charge in [0.1, 0.15) is 5.75 Å². The Morgan fingerprint density at radius 1 is 1.32 bits per heavy atom. The lowest BCUT2D eigenvalue weighted by Crippen LogP contribution is -2.11. The van der Waals surface area contributed by atoms with Crippen molar-refractivity contribution in [2.24, 2.45) is 0 Å². The number of aromatic amines is 1. The summed E-state index contributed by atoms with van der Waals surface area (Å²) in [7, 11) is 0.299. The standard InChI is InChI=1S/C18H18ClN3O2S/c1-24-11-6-7-14-15(10-11)22-18(21-14)25(23)16-5-3-2-4-12-13(19)8-9-20-17(12)16/h6-10,16H,2-5H2,1H3,(H,21,22)/t16-,25-/m0/s1. The topological polar surface area (TPSA) is 67.9 Å². The summed E-state index contributed by atoms with van der Waals surface area (Å²) in [5.74, 6) is 0.738. The van der Waals surface area contributed by atoms with E-state index in [2.05, 4.69) is 15.0 Å². The number of nitrogens with one attached hydrogen (secondary N) is 1. The van der Waals surface area contributed by atoms with Gasteiger partial charge in [-0.15, -0.1) is 0 Å². The molecule has 0 saturated heterocycles. The molecule has 0 amide bonds. The van der Waals surface area contributed by atoms with Gasteiger partial charge in [-0.25, -0.2) is 4.98 Å². The van der Waals surface area contributed by atoms with Crippen LogP contribution < -0.4 is 4.74 Å². The van der Waals surface area contributed by atoms with Gasteiger partial charge in [-0.1, -0.05) is 18.0 Å². The van der Waals surface area contributed by atoms with Crippen LogP contribution in [0.4, 0.5) is 0 Å². The van der Waals surface area contributed by atoms with Crippen molar-refractivity contribution in [2.45, 2.75) is 36.1 Å². The maximum Gasteiger partial charge on any atom is 0.198 e. The van der Waals surface area contributed by atoms with Crippen LogP contribution in [0.25, 0.3) is 11.0 Å². The zero-order valence-corrected chi connectivity index (χ0v) is 15.4. The van der Waals surface area contributed by atoms with Gasteiger partial charge >= 0.3 is 0 Å². The minimum Gasteiger partial charge on any atom is -0.497 e. The molecule has 1 aromatic carbocycles. The first-order valence-corrected chi connectivity index (χ1v) is 9.84. The largest absolute Gasteiger partial charge is 0.497 e. The van der Waals surface area contributed by atoms with Crippen LogP contribution in [0.5, 0.6) is 5.75 Å². The molecule has 3 aromatic rings. The fourth-order valence-corrected chi connectivity index (χ4v) is 5.01. The van der Waals surface area contributed by atoms with Gasteiger partial charge < -0.3 is 9.72 Å². The molecule has 0 unspecified atom stereocenters. The summed E-state index contributed by atoms with van der Waals surface area (Å²) in [6, 6.07) is 7.37. The van der Waals surface area contributed by atoms with Crippen molar-refractivity contribution in [1.82, 2.24) is 15.0 Å². The smallest absolute Gasteiger partial charge is 0.198 e. The number of nitrogens with zero attached hydrogens (tertiary/aromatic N) is 2. The second kappa shape index (κ2) is 6.77. The maximum absolute atomic E-state index is 13.3. The Bertz CT molecular complexity index is 957. The highest BCUT2D eigenvalue weighted by Gasteiger charge is 2.29. The Hall–Kier alpha value is -1.92. The van der Waals surface area contributed by atoms with E-state index in [1.807, 2.05) is 18.2 Å². The van der Waals surface area contributed by atoms with Crippen molar-refractivity contribution in [3.05, 3.63) is 46.7 Å². The predicted octanol–water partition coefficient (Wildman–Crippen LogP) is 4.20. The number of aromatic nitrogens is 3. The fourth-order valence-electron chi connectivity index (χ4n) is 3.31. The number of benzene rings is 1. The number of imidazole rings is 1. The highest BCUT2D eigenvalue weighted by molar-refractivity contribution is 7.85. The van der Waals surface area contributed by atoms with E-state index in [0.29, 0.717) is 10.2 Å². The van der Waals surface area contributed by atoms with Gasteiger partial charge in [-0.2, -0.15) is 0 Å². The van der Waals surface area contributed by atoms with E-state index in [0.717, 1.165) is 53.7 Å². The first-order chi connectivity index (χ1) is 12.2. The van der Waals surface area contributed by atoms with Crippen molar-refractivity contribution in [1.29, 1.82) is 0 Å². The van der Waals surface area contributed by atoms with E-state index in [-0.39, 0.29) is 5.25 Å². The van der Waals surface area contributed by atoms with E-state index in [9.17, 15) is 4.21 Å². The third-order valence-electron chi connectivity index (χ3n) is 4.60. The molecule has 2 heterocycles. The average Bonchev–Trinajstić information content (AvgIpc) is 2.93. The zero-order valence-electron chi connectivity index (χ0n) is 13.8.